The predicted molar refractivity (Wildman–Crippen MR) is 95.1 cm³/mol. The van der Waals surface area contributed by atoms with Gasteiger partial charge in [0.2, 0.25) is 0 Å². The van der Waals surface area contributed by atoms with Crippen LogP contribution in [0, 0.1) is 0 Å². The van der Waals surface area contributed by atoms with Gasteiger partial charge in [0.05, 0.1) is 5.55 Å². The summed E-state index contributed by atoms with van der Waals surface area (Å²) in [5.41, 5.74) is 4.51. The van der Waals surface area contributed by atoms with Gasteiger partial charge in [0.25, 0.3) is 0 Å². The third-order valence-electron chi connectivity index (χ3n) is 3.25. The molecule has 0 amide bonds. The summed E-state index contributed by atoms with van der Waals surface area (Å²) in [5, 5.41) is 1.84. The first-order chi connectivity index (χ1) is 10.6. The molecule has 0 bridgehead atoms. The maximum Gasteiger partial charge on any atom is 0.573 e. The van der Waals surface area contributed by atoms with Crippen LogP contribution in [0.25, 0.3) is 16.7 Å². The zero-order chi connectivity index (χ0) is 15.9. The van der Waals surface area contributed by atoms with Crippen LogP contribution < -0.4 is 5.46 Å². The van der Waals surface area contributed by atoms with E-state index in [-0.39, 0.29) is 5.46 Å². The number of aliphatic imine (C=N–C) groups is 1. The Labute approximate surface area is 134 Å². The minimum Gasteiger partial charge on any atom is -0.289 e. The maximum absolute atomic E-state index is 13.7. The average molecular weight is 315 g/mol. The molecular formula is C17H16BF2NS. The molecule has 0 aliphatic rings. The lowest BCUT2D eigenvalue weighted by Gasteiger charge is -2.13. The molecule has 0 saturated carbocycles. The first-order valence-corrected chi connectivity index (χ1v) is 7.79. The first-order valence-electron chi connectivity index (χ1n) is 6.85. The van der Waals surface area contributed by atoms with Crippen molar-refractivity contribution in [1.82, 2.24) is 0 Å². The molecule has 0 spiro atoms. The summed E-state index contributed by atoms with van der Waals surface area (Å²) < 4.78 is 27.3. The van der Waals surface area contributed by atoms with E-state index in [0.29, 0.717) is 11.1 Å². The van der Waals surface area contributed by atoms with Gasteiger partial charge in [-0.05, 0) is 34.6 Å². The number of hydrogen-bond donors (Lipinski definition) is 0. The van der Waals surface area contributed by atoms with Gasteiger partial charge in [-0.25, -0.2) is 0 Å². The van der Waals surface area contributed by atoms with Crippen LogP contribution in [0.1, 0.15) is 12.5 Å². The van der Waals surface area contributed by atoms with E-state index in [2.05, 4.69) is 4.99 Å². The third-order valence-corrected chi connectivity index (χ3v) is 4.07. The van der Waals surface area contributed by atoms with Crippen molar-refractivity contribution in [3.63, 3.8) is 0 Å². The summed E-state index contributed by atoms with van der Waals surface area (Å²) in [5.74, 6) is 0. The van der Waals surface area contributed by atoms with Crippen LogP contribution >= 0.6 is 11.8 Å². The van der Waals surface area contributed by atoms with E-state index in [1.807, 2.05) is 48.7 Å². The minimum absolute atomic E-state index is 0.0801. The van der Waals surface area contributed by atoms with Crippen molar-refractivity contribution in [3.05, 3.63) is 59.5 Å². The molecule has 5 heteroatoms. The molecule has 2 aromatic carbocycles. The average Bonchev–Trinajstić information content (AvgIpc) is 2.55. The fourth-order valence-corrected chi connectivity index (χ4v) is 2.78. The Bertz CT molecular complexity index is 684. The van der Waals surface area contributed by atoms with E-state index < -0.39 is 7.27 Å². The van der Waals surface area contributed by atoms with E-state index in [9.17, 15) is 8.63 Å². The lowest BCUT2D eigenvalue weighted by molar-refractivity contribution is 0.685. The van der Waals surface area contributed by atoms with Gasteiger partial charge in [0.1, 0.15) is 0 Å². The normalized spacial score (nSPS) is 11.9. The zero-order valence-electron chi connectivity index (χ0n) is 12.5. The van der Waals surface area contributed by atoms with Crippen LogP contribution in [-0.4, -0.2) is 19.9 Å². The lowest BCUT2D eigenvalue weighted by atomic mass is 9.75. The van der Waals surface area contributed by atoms with Gasteiger partial charge < -0.3 is 0 Å². The summed E-state index contributed by atoms with van der Waals surface area (Å²) in [6.45, 7) is 1.84. The Kier molecular flexibility index (Phi) is 5.96. The van der Waals surface area contributed by atoms with Crippen molar-refractivity contribution in [3.8, 4) is 11.1 Å². The second kappa shape index (κ2) is 7.94. The van der Waals surface area contributed by atoms with Gasteiger partial charge >= 0.3 is 7.27 Å². The van der Waals surface area contributed by atoms with Crippen molar-refractivity contribution >= 4 is 35.6 Å². The topological polar surface area (TPSA) is 12.4 Å². The van der Waals surface area contributed by atoms with E-state index in [4.69, 9.17) is 0 Å². The lowest BCUT2D eigenvalue weighted by Crippen LogP contribution is -2.26. The number of nitrogens with zero attached hydrogens (tertiary/aromatic N) is 1. The third kappa shape index (κ3) is 3.86. The van der Waals surface area contributed by atoms with Gasteiger partial charge in [-0.2, -0.15) is 0 Å². The molecule has 112 valence electrons. The quantitative estimate of drug-likeness (QED) is 0.441. The van der Waals surface area contributed by atoms with Crippen LogP contribution in [0.5, 0.6) is 0 Å². The van der Waals surface area contributed by atoms with Crippen LogP contribution in [0.3, 0.4) is 0 Å². The van der Waals surface area contributed by atoms with Crippen molar-refractivity contribution in [2.24, 2.45) is 4.99 Å². The van der Waals surface area contributed by atoms with Gasteiger partial charge in [-0.1, -0.05) is 60.3 Å². The van der Waals surface area contributed by atoms with Gasteiger partial charge in [-0.15, -0.1) is 0 Å². The summed E-state index contributed by atoms with van der Waals surface area (Å²) in [7, 11) is -0.851. The monoisotopic (exact) mass is 315 g/mol. The van der Waals surface area contributed by atoms with E-state index in [1.165, 1.54) is 11.8 Å². The van der Waals surface area contributed by atoms with Crippen LogP contribution in [0.2, 0.25) is 0 Å². The Hall–Kier alpha value is -1.88. The highest BCUT2D eigenvalue weighted by atomic mass is 32.2. The van der Waals surface area contributed by atoms with Crippen molar-refractivity contribution in [2.45, 2.75) is 6.92 Å². The highest BCUT2D eigenvalue weighted by molar-refractivity contribution is 8.14. The number of benzene rings is 2. The molecule has 0 saturated heterocycles. The van der Waals surface area contributed by atoms with Crippen molar-refractivity contribution < 1.29 is 8.63 Å². The molecule has 1 nitrogen and oxygen atoms in total. The van der Waals surface area contributed by atoms with Crippen LogP contribution in [0.4, 0.5) is 8.63 Å². The summed E-state index contributed by atoms with van der Waals surface area (Å²) in [4.78, 5) is 3.87. The molecule has 0 aliphatic carbocycles. The number of rotatable bonds is 5. The largest absolute Gasteiger partial charge is 0.573 e. The summed E-state index contributed by atoms with van der Waals surface area (Å²) >= 11 is 1.38. The number of allylic oxidation sites excluding steroid dienone is 1. The Morgan fingerprint density at radius 1 is 1.09 bits per heavy atom. The molecule has 0 unspecified atom stereocenters. The zero-order valence-corrected chi connectivity index (χ0v) is 13.3. The smallest absolute Gasteiger partial charge is 0.289 e. The van der Waals surface area contributed by atoms with Gasteiger partial charge in [-0.3, -0.25) is 13.6 Å². The van der Waals surface area contributed by atoms with E-state index >= 15 is 0 Å². The number of thioether (sulfide) groups is 1. The fourth-order valence-electron chi connectivity index (χ4n) is 2.27. The van der Waals surface area contributed by atoms with E-state index in [1.54, 1.807) is 24.7 Å². The standard InChI is InChI=1S/C17H16BF2NS/c1-13(11-22-12-21-2)15-9-6-10-16(17(15)18(19)20)14-7-4-3-5-8-14/h3-12H,1-2H3/b13-11+,21-12+. The van der Waals surface area contributed by atoms with Crippen molar-refractivity contribution in [2.75, 3.05) is 7.05 Å². The Morgan fingerprint density at radius 2 is 1.82 bits per heavy atom. The second-order valence-corrected chi connectivity index (χ2v) is 5.45. The molecule has 0 aliphatic heterocycles. The molecule has 0 fully saturated rings. The highest BCUT2D eigenvalue weighted by Crippen LogP contribution is 2.24. The maximum atomic E-state index is 13.7. The SMILES string of the molecule is C/N=C/S/C=C(\C)c1cccc(-c2ccccc2)c1B(F)F. The molecular weight excluding hydrogens is 299 g/mol. The first kappa shape index (κ1) is 16.5. The second-order valence-electron chi connectivity index (χ2n) is 4.73. The molecule has 2 aromatic rings. The molecule has 0 aromatic heterocycles. The van der Waals surface area contributed by atoms with Gasteiger partial charge in [0.15, 0.2) is 0 Å². The number of hydrogen-bond acceptors (Lipinski definition) is 2. The Balaban J connectivity index is 2.54. The summed E-state index contributed by atoms with van der Waals surface area (Å²) in [6, 6.07) is 14.6. The molecule has 0 N–H and O–H groups in total. The minimum atomic E-state index is -2.53. The highest BCUT2D eigenvalue weighted by Gasteiger charge is 2.25. The van der Waals surface area contributed by atoms with Crippen LogP contribution in [-0.2, 0) is 0 Å². The van der Waals surface area contributed by atoms with Crippen LogP contribution in [0.15, 0.2) is 58.9 Å². The van der Waals surface area contributed by atoms with Gasteiger partial charge in [0, 0.05) is 12.5 Å². The van der Waals surface area contributed by atoms with Crippen molar-refractivity contribution in [1.29, 1.82) is 0 Å². The van der Waals surface area contributed by atoms with E-state index in [0.717, 1.165) is 11.1 Å². The molecule has 0 heterocycles. The fraction of sp³-hybridized carbons (Fsp3) is 0.118. The predicted octanol–water partition coefficient (Wildman–Crippen LogP) is 4.74. The molecule has 22 heavy (non-hydrogen) atoms. The molecule has 0 radical (unpaired) electrons. The number of halogens is 2. The summed E-state index contributed by atoms with van der Waals surface area (Å²) in [6.07, 6.45) is 0. The molecule has 0 atom stereocenters. The molecule has 2 rings (SSSR count). The Morgan fingerprint density at radius 3 is 2.45 bits per heavy atom.